The zero-order valence-electron chi connectivity index (χ0n) is 17.9. The molecular formula is C23H24N2O6S. The molecule has 8 nitrogen and oxygen atoms in total. The molecule has 3 aromatic carbocycles. The van der Waals surface area contributed by atoms with Crippen molar-refractivity contribution in [1.29, 1.82) is 0 Å². The quantitative estimate of drug-likeness (QED) is 0.529. The number of rotatable bonds is 9. The number of anilines is 2. The van der Waals surface area contributed by atoms with Crippen molar-refractivity contribution >= 4 is 27.3 Å². The van der Waals surface area contributed by atoms with Crippen LogP contribution in [0.15, 0.2) is 77.7 Å². The lowest BCUT2D eigenvalue weighted by molar-refractivity contribution is -0.114. The van der Waals surface area contributed by atoms with Gasteiger partial charge in [-0.2, -0.15) is 0 Å². The summed E-state index contributed by atoms with van der Waals surface area (Å²) in [6.45, 7) is -0.488. The second-order valence-corrected chi connectivity index (χ2v) is 8.50. The molecule has 168 valence electrons. The SMILES string of the molecule is COc1cccc(NC(=O)CN(c2cc(OC)ccc2OC)S(=O)(=O)c2ccccc2)c1. The molecule has 0 aliphatic heterocycles. The molecular weight excluding hydrogens is 432 g/mol. The molecule has 1 amide bonds. The molecule has 9 heteroatoms. The van der Waals surface area contributed by atoms with Crippen molar-refractivity contribution in [3.05, 3.63) is 72.8 Å². The van der Waals surface area contributed by atoms with Crippen LogP contribution in [0.3, 0.4) is 0 Å². The first-order valence-corrected chi connectivity index (χ1v) is 11.1. The topological polar surface area (TPSA) is 94.2 Å². The Morgan fingerprint density at radius 3 is 2.19 bits per heavy atom. The third kappa shape index (κ3) is 5.12. The maximum Gasteiger partial charge on any atom is 0.264 e. The van der Waals surface area contributed by atoms with Crippen molar-refractivity contribution in [1.82, 2.24) is 0 Å². The zero-order chi connectivity index (χ0) is 23.1. The van der Waals surface area contributed by atoms with Gasteiger partial charge in [-0.1, -0.05) is 24.3 Å². The summed E-state index contributed by atoms with van der Waals surface area (Å²) in [5, 5.41) is 2.71. The molecule has 0 spiro atoms. The van der Waals surface area contributed by atoms with E-state index in [2.05, 4.69) is 5.32 Å². The summed E-state index contributed by atoms with van der Waals surface area (Å²) in [6.07, 6.45) is 0. The molecule has 0 aliphatic carbocycles. The summed E-state index contributed by atoms with van der Waals surface area (Å²) < 4.78 is 43.8. The third-order valence-electron chi connectivity index (χ3n) is 4.63. The van der Waals surface area contributed by atoms with Crippen LogP contribution in [0.4, 0.5) is 11.4 Å². The van der Waals surface area contributed by atoms with Crippen molar-refractivity contribution < 1.29 is 27.4 Å². The standard InChI is InChI=1S/C23H24N2O6S/c1-29-18-9-7-8-17(14-18)24-23(26)16-25(32(27,28)20-10-5-4-6-11-20)21-15-19(30-2)12-13-22(21)31-3/h4-15H,16H2,1-3H3,(H,24,26). The van der Waals surface area contributed by atoms with E-state index in [0.29, 0.717) is 17.2 Å². The molecule has 0 fully saturated rings. The van der Waals surface area contributed by atoms with Gasteiger partial charge in [0.1, 0.15) is 23.8 Å². The van der Waals surface area contributed by atoms with E-state index in [4.69, 9.17) is 14.2 Å². The lowest BCUT2D eigenvalue weighted by Gasteiger charge is -2.26. The number of hydrogen-bond donors (Lipinski definition) is 1. The van der Waals surface area contributed by atoms with E-state index in [1.54, 1.807) is 54.6 Å². The number of ether oxygens (including phenoxy) is 3. The molecule has 0 aliphatic rings. The molecule has 0 saturated heterocycles. The average Bonchev–Trinajstić information content (AvgIpc) is 2.82. The van der Waals surface area contributed by atoms with Crippen LogP contribution in [0, 0.1) is 0 Å². The maximum atomic E-state index is 13.5. The van der Waals surface area contributed by atoms with E-state index in [1.807, 2.05) is 0 Å². The van der Waals surface area contributed by atoms with Crippen LogP contribution in [0.2, 0.25) is 0 Å². The smallest absolute Gasteiger partial charge is 0.264 e. The van der Waals surface area contributed by atoms with Gasteiger partial charge in [-0.3, -0.25) is 9.10 Å². The first kappa shape index (κ1) is 23.0. The summed E-state index contributed by atoms with van der Waals surface area (Å²) in [6, 6.07) is 19.4. The Kier molecular flexibility index (Phi) is 7.21. The van der Waals surface area contributed by atoms with Crippen molar-refractivity contribution in [3.8, 4) is 17.2 Å². The third-order valence-corrected chi connectivity index (χ3v) is 6.40. The van der Waals surface area contributed by atoms with E-state index in [0.717, 1.165) is 4.31 Å². The van der Waals surface area contributed by atoms with E-state index >= 15 is 0 Å². The molecule has 1 N–H and O–H groups in total. The Bertz CT molecular complexity index is 1180. The average molecular weight is 457 g/mol. The Morgan fingerprint density at radius 2 is 1.53 bits per heavy atom. The molecule has 0 heterocycles. The number of sulfonamides is 1. The lowest BCUT2D eigenvalue weighted by Crippen LogP contribution is -2.38. The molecule has 0 radical (unpaired) electrons. The fourth-order valence-electron chi connectivity index (χ4n) is 3.04. The van der Waals surface area contributed by atoms with Gasteiger partial charge in [0.2, 0.25) is 5.91 Å². The summed E-state index contributed by atoms with van der Waals surface area (Å²) in [5.74, 6) is 0.718. The van der Waals surface area contributed by atoms with Crippen LogP contribution in [-0.2, 0) is 14.8 Å². The van der Waals surface area contributed by atoms with E-state index in [1.165, 1.54) is 39.5 Å². The number of amides is 1. The Balaban J connectivity index is 2.02. The largest absolute Gasteiger partial charge is 0.497 e. The number of nitrogens with zero attached hydrogens (tertiary/aromatic N) is 1. The van der Waals surface area contributed by atoms with E-state index < -0.39 is 22.5 Å². The molecule has 0 saturated carbocycles. The minimum atomic E-state index is -4.10. The predicted molar refractivity (Wildman–Crippen MR) is 122 cm³/mol. The van der Waals surface area contributed by atoms with Crippen LogP contribution in [0.25, 0.3) is 0 Å². The normalized spacial score (nSPS) is 10.8. The number of hydrogen-bond acceptors (Lipinski definition) is 6. The molecule has 32 heavy (non-hydrogen) atoms. The predicted octanol–water partition coefficient (Wildman–Crippen LogP) is 3.55. The van der Waals surface area contributed by atoms with Crippen LogP contribution in [0.1, 0.15) is 0 Å². The number of methoxy groups -OCH3 is 3. The molecule has 0 unspecified atom stereocenters. The van der Waals surface area contributed by atoms with E-state index in [-0.39, 0.29) is 16.3 Å². The highest BCUT2D eigenvalue weighted by atomic mass is 32.2. The van der Waals surface area contributed by atoms with Gasteiger partial charge in [-0.05, 0) is 36.4 Å². The maximum absolute atomic E-state index is 13.5. The van der Waals surface area contributed by atoms with Crippen molar-refractivity contribution in [2.45, 2.75) is 4.90 Å². The van der Waals surface area contributed by atoms with E-state index in [9.17, 15) is 13.2 Å². The Labute approximate surface area is 187 Å². The first-order chi connectivity index (χ1) is 15.4. The van der Waals surface area contributed by atoms with Gasteiger partial charge < -0.3 is 19.5 Å². The first-order valence-electron chi connectivity index (χ1n) is 9.62. The van der Waals surface area contributed by atoms with Gasteiger partial charge in [0.15, 0.2) is 0 Å². The Hall–Kier alpha value is -3.72. The summed E-state index contributed by atoms with van der Waals surface area (Å²) >= 11 is 0. The minimum Gasteiger partial charge on any atom is -0.497 e. The lowest BCUT2D eigenvalue weighted by atomic mass is 10.2. The van der Waals surface area contributed by atoms with Crippen LogP contribution in [0.5, 0.6) is 17.2 Å². The van der Waals surface area contributed by atoms with Gasteiger partial charge in [-0.25, -0.2) is 8.42 Å². The fourth-order valence-corrected chi connectivity index (χ4v) is 4.49. The Morgan fingerprint density at radius 1 is 0.844 bits per heavy atom. The second-order valence-electron chi connectivity index (χ2n) is 6.64. The number of carbonyl (C=O) groups excluding carboxylic acids is 1. The number of benzene rings is 3. The summed E-state index contributed by atoms with van der Waals surface area (Å²) in [5.41, 5.74) is 0.653. The molecule has 0 aromatic heterocycles. The molecule has 3 rings (SSSR count). The fraction of sp³-hybridized carbons (Fsp3) is 0.174. The van der Waals surface area contributed by atoms with Crippen LogP contribution >= 0.6 is 0 Å². The van der Waals surface area contributed by atoms with Crippen molar-refractivity contribution in [2.75, 3.05) is 37.5 Å². The molecule has 0 bridgehead atoms. The van der Waals surface area contributed by atoms with Crippen molar-refractivity contribution in [3.63, 3.8) is 0 Å². The molecule has 3 aromatic rings. The molecule has 0 atom stereocenters. The van der Waals surface area contributed by atoms with Gasteiger partial charge in [0, 0.05) is 17.8 Å². The van der Waals surface area contributed by atoms with Crippen molar-refractivity contribution in [2.24, 2.45) is 0 Å². The summed E-state index contributed by atoms with van der Waals surface area (Å²) in [7, 11) is 0.313. The van der Waals surface area contributed by atoms with Crippen LogP contribution in [-0.4, -0.2) is 42.2 Å². The monoisotopic (exact) mass is 456 g/mol. The van der Waals surface area contributed by atoms with Gasteiger partial charge >= 0.3 is 0 Å². The van der Waals surface area contributed by atoms with Gasteiger partial charge in [-0.15, -0.1) is 0 Å². The number of nitrogens with one attached hydrogen (secondary N) is 1. The minimum absolute atomic E-state index is 0.0408. The summed E-state index contributed by atoms with van der Waals surface area (Å²) in [4.78, 5) is 12.9. The second kappa shape index (κ2) is 10.1. The highest BCUT2D eigenvalue weighted by molar-refractivity contribution is 7.92. The van der Waals surface area contributed by atoms with Gasteiger partial charge in [0.25, 0.3) is 10.0 Å². The van der Waals surface area contributed by atoms with Crippen LogP contribution < -0.4 is 23.8 Å². The highest BCUT2D eigenvalue weighted by Gasteiger charge is 2.30. The van der Waals surface area contributed by atoms with Gasteiger partial charge in [0.05, 0.1) is 31.9 Å². The number of carbonyl (C=O) groups is 1. The zero-order valence-corrected chi connectivity index (χ0v) is 18.8. The highest BCUT2D eigenvalue weighted by Crippen LogP contribution is 2.35.